The van der Waals surface area contributed by atoms with Crippen LogP contribution in [-0.4, -0.2) is 17.7 Å². The first kappa shape index (κ1) is 18.5. The third-order valence-electron chi connectivity index (χ3n) is 5.44. The van der Waals surface area contributed by atoms with Gasteiger partial charge in [0.05, 0.1) is 4.75 Å². The van der Waals surface area contributed by atoms with E-state index in [9.17, 15) is 13.0 Å². The third-order valence-corrected chi connectivity index (χ3v) is 7.15. The summed E-state index contributed by atoms with van der Waals surface area (Å²) in [5.41, 5.74) is 2.59. The molecule has 0 aliphatic heterocycles. The Labute approximate surface area is 141 Å². The fourth-order valence-electron chi connectivity index (χ4n) is 3.80. The second-order valence-corrected chi connectivity index (χ2v) is 9.06. The summed E-state index contributed by atoms with van der Waals surface area (Å²) in [6, 6.07) is 8.60. The van der Waals surface area contributed by atoms with E-state index in [-0.39, 0.29) is 0 Å². The van der Waals surface area contributed by atoms with E-state index in [2.05, 4.69) is 38.1 Å². The summed E-state index contributed by atoms with van der Waals surface area (Å²) >= 11 is 0. The fourth-order valence-corrected chi connectivity index (χ4v) is 4.95. The lowest BCUT2D eigenvalue weighted by Crippen LogP contribution is -2.42. The van der Waals surface area contributed by atoms with Gasteiger partial charge in [0, 0.05) is 0 Å². The van der Waals surface area contributed by atoms with Gasteiger partial charge in [0.25, 0.3) is 10.1 Å². The van der Waals surface area contributed by atoms with Crippen LogP contribution in [0.5, 0.6) is 0 Å². The summed E-state index contributed by atoms with van der Waals surface area (Å²) in [6.07, 6.45) is 7.59. The first-order chi connectivity index (χ1) is 10.9. The van der Waals surface area contributed by atoms with E-state index < -0.39 is 14.9 Å². The van der Waals surface area contributed by atoms with E-state index in [0.717, 1.165) is 38.5 Å². The minimum Gasteiger partial charge on any atom is -0.285 e. The van der Waals surface area contributed by atoms with Crippen molar-refractivity contribution in [2.24, 2.45) is 5.92 Å². The van der Waals surface area contributed by atoms with Crippen LogP contribution >= 0.6 is 0 Å². The quantitative estimate of drug-likeness (QED) is 0.566. The molecule has 1 aliphatic carbocycles. The zero-order valence-electron chi connectivity index (χ0n) is 14.4. The molecule has 1 fully saturated rings. The van der Waals surface area contributed by atoms with Gasteiger partial charge >= 0.3 is 0 Å². The smallest absolute Gasteiger partial charge is 0.270 e. The monoisotopic (exact) mass is 338 g/mol. The molecule has 0 spiro atoms. The maximum atomic E-state index is 12.0. The summed E-state index contributed by atoms with van der Waals surface area (Å²) in [4.78, 5) is 0. The van der Waals surface area contributed by atoms with E-state index in [1.807, 2.05) is 0 Å². The van der Waals surface area contributed by atoms with Gasteiger partial charge < -0.3 is 0 Å². The summed E-state index contributed by atoms with van der Waals surface area (Å²) < 4.78 is 32.8. The Bertz CT molecular complexity index is 582. The Balaban J connectivity index is 1.97. The highest BCUT2D eigenvalue weighted by Crippen LogP contribution is 2.42. The highest BCUT2D eigenvalue weighted by atomic mass is 32.2. The third kappa shape index (κ3) is 4.80. The standard InChI is InChI=1S/C19H30O3S/c1-3-4-5-12-19(23(20,21)22)13-10-18(11-14-19)15-17-8-6-16(2)7-9-17/h6-9,18H,3-5,10-15H2,1-2H3,(H,20,21,22)/t18-,19+. The molecule has 0 unspecified atom stereocenters. The highest BCUT2D eigenvalue weighted by molar-refractivity contribution is 7.87. The van der Waals surface area contributed by atoms with E-state index in [1.54, 1.807) is 0 Å². The Morgan fingerprint density at radius 1 is 1.13 bits per heavy atom. The van der Waals surface area contributed by atoms with Crippen LogP contribution in [0.2, 0.25) is 0 Å². The van der Waals surface area contributed by atoms with Crippen LogP contribution in [0.15, 0.2) is 24.3 Å². The zero-order chi connectivity index (χ0) is 16.9. The zero-order valence-corrected chi connectivity index (χ0v) is 15.2. The number of hydrogen-bond donors (Lipinski definition) is 1. The molecule has 0 atom stereocenters. The van der Waals surface area contributed by atoms with Gasteiger partial charge in [-0.25, -0.2) is 0 Å². The molecular weight excluding hydrogens is 308 g/mol. The Kier molecular flexibility index (Phi) is 6.26. The molecule has 0 saturated heterocycles. The molecule has 1 N–H and O–H groups in total. The van der Waals surface area contributed by atoms with Gasteiger partial charge in [-0.1, -0.05) is 56.0 Å². The van der Waals surface area contributed by atoms with E-state index in [1.165, 1.54) is 11.1 Å². The van der Waals surface area contributed by atoms with Gasteiger partial charge in [0.15, 0.2) is 0 Å². The van der Waals surface area contributed by atoms with Crippen molar-refractivity contribution < 1.29 is 13.0 Å². The number of benzene rings is 1. The highest BCUT2D eigenvalue weighted by Gasteiger charge is 2.44. The normalized spacial score (nSPS) is 25.4. The summed E-state index contributed by atoms with van der Waals surface area (Å²) in [7, 11) is -3.97. The molecule has 0 heterocycles. The van der Waals surface area contributed by atoms with Crippen molar-refractivity contribution in [1.29, 1.82) is 0 Å². The molecule has 4 heteroatoms. The molecule has 0 bridgehead atoms. The molecule has 1 saturated carbocycles. The van der Waals surface area contributed by atoms with Gasteiger partial charge in [-0.3, -0.25) is 4.55 Å². The van der Waals surface area contributed by atoms with Gasteiger partial charge in [0.2, 0.25) is 0 Å². The van der Waals surface area contributed by atoms with Crippen molar-refractivity contribution in [3.63, 3.8) is 0 Å². The van der Waals surface area contributed by atoms with Crippen LogP contribution < -0.4 is 0 Å². The van der Waals surface area contributed by atoms with Crippen LogP contribution in [0, 0.1) is 12.8 Å². The number of aryl methyl sites for hydroxylation is 1. The molecule has 0 amide bonds. The second-order valence-electron chi connectivity index (χ2n) is 7.25. The molecule has 2 rings (SSSR count). The molecule has 1 aliphatic rings. The largest absolute Gasteiger partial charge is 0.285 e. The lowest BCUT2D eigenvalue weighted by atomic mass is 9.77. The van der Waals surface area contributed by atoms with Crippen LogP contribution in [0.25, 0.3) is 0 Å². The molecular formula is C19H30O3S. The van der Waals surface area contributed by atoms with Gasteiger partial charge in [-0.2, -0.15) is 8.42 Å². The minimum atomic E-state index is -3.97. The van der Waals surface area contributed by atoms with Crippen LogP contribution in [0.4, 0.5) is 0 Å². The summed E-state index contributed by atoms with van der Waals surface area (Å²) in [6.45, 7) is 4.19. The second kappa shape index (κ2) is 7.80. The number of rotatable bonds is 7. The van der Waals surface area contributed by atoms with Crippen LogP contribution in [0.1, 0.15) is 69.4 Å². The lowest BCUT2D eigenvalue weighted by Gasteiger charge is -2.37. The van der Waals surface area contributed by atoms with Crippen molar-refractivity contribution in [2.75, 3.05) is 0 Å². The van der Waals surface area contributed by atoms with Gasteiger partial charge in [-0.05, 0) is 56.9 Å². The average molecular weight is 339 g/mol. The topological polar surface area (TPSA) is 54.4 Å². The van der Waals surface area contributed by atoms with E-state index >= 15 is 0 Å². The Morgan fingerprint density at radius 3 is 2.26 bits per heavy atom. The summed E-state index contributed by atoms with van der Waals surface area (Å²) in [5, 5.41) is 0. The van der Waals surface area contributed by atoms with Crippen molar-refractivity contribution in [2.45, 2.75) is 76.4 Å². The maximum Gasteiger partial charge on any atom is 0.270 e. The molecule has 0 aromatic heterocycles. The summed E-state index contributed by atoms with van der Waals surface area (Å²) in [5.74, 6) is 0.527. The SMILES string of the molecule is CCCCC[C@]1(S(=O)(=O)O)CC[C@@H](Cc2ccc(C)cc2)CC1. The molecule has 23 heavy (non-hydrogen) atoms. The van der Waals surface area contributed by atoms with Gasteiger partial charge in [0.1, 0.15) is 0 Å². The molecule has 3 nitrogen and oxygen atoms in total. The molecule has 1 aromatic rings. The van der Waals surface area contributed by atoms with Crippen molar-refractivity contribution >= 4 is 10.1 Å². The first-order valence-electron chi connectivity index (χ1n) is 8.89. The van der Waals surface area contributed by atoms with Gasteiger partial charge in [-0.15, -0.1) is 0 Å². The maximum absolute atomic E-state index is 12.0. The van der Waals surface area contributed by atoms with Crippen molar-refractivity contribution in [3.8, 4) is 0 Å². The number of unbranched alkanes of at least 4 members (excludes halogenated alkanes) is 2. The van der Waals surface area contributed by atoms with Crippen LogP contribution in [0.3, 0.4) is 0 Å². The number of hydrogen-bond acceptors (Lipinski definition) is 2. The predicted molar refractivity (Wildman–Crippen MR) is 95.3 cm³/mol. The average Bonchev–Trinajstić information content (AvgIpc) is 2.50. The predicted octanol–water partition coefficient (Wildman–Crippen LogP) is 4.93. The van der Waals surface area contributed by atoms with E-state index in [0.29, 0.717) is 25.2 Å². The Morgan fingerprint density at radius 2 is 1.74 bits per heavy atom. The molecule has 0 radical (unpaired) electrons. The molecule has 1 aromatic carbocycles. The van der Waals surface area contributed by atoms with Crippen molar-refractivity contribution in [3.05, 3.63) is 35.4 Å². The minimum absolute atomic E-state index is 0.527. The Hall–Kier alpha value is -0.870. The van der Waals surface area contributed by atoms with E-state index in [4.69, 9.17) is 0 Å². The van der Waals surface area contributed by atoms with Crippen molar-refractivity contribution in [1.82, 2.24) is 0 Å². The van der Waals surface area contributed by atoms with Crippen LogP contribution in [-0.2, 0) is 16.5 Å². The first-order valence-corrected chi connectivity index (χ1v) is 10.3. The molecule has 130 valence electrons. The fraction of sp³-hybridized carbons (Fsp3) is 0.684. The lowest BCUT2D eigenvalue weighted by molar-refractivity contribution is 0.259.